The van der Waals surface area contributed by atoms with Gasteiger partial charge in [0.05, 0.1) is 11.4 Å². The van der Waals surface area contributed by atoms with Gasteiger partial charge < -0.3 is 20.2 Å². The Bertz CT molecular complexity index is 1290. The number of anilines is 2. The summed E-state index contributed by atoms with van der Waals surface area (Å²) in [5.41, 5.74) is 5.61. The number of carbonyl (C=O) groups excluding carboxylic acids is 1. The van der Waals surface area contributed by atoms with Crippen molar-refractivity contribution in [2.75, 3.05) is 37.9 Å². The number of rotatable bonds is 8. The molecule has 180 valence electrons. The monoisotopic (exact) mass is 534 g/mol. The second-order valence-electron chi connectivity index (χ2n) is 8.86. The number of carboxylic acid groups (broad SMARTS) is 1. The number of fused-ring (bicyclic) bond motifs is 1. The highest BCUT2D eigenvalue weighted by molar-refractivity contribution is 9.10. The van der Waals surface area contributed by atoms with Crippen molar-refractivity contribution in [2.24, 2.45) is 4.99 Å². The van der Waals surface area contributed by atoms with Gasteiger partial charge in [0.2, 0.25) is 5.91 Å². The molecule has 0 radical (unpaired) electrons. The Morgan fingerprint density at radius 1 is 1.06 bits per heavy atom. The first-order chi connectivity index (χ1) is 16.7. The average Bonchev–Trinajstić information content (AvgIpc) is 3.12. The molecule has 7 nitrogen and oxygen atoms in total. The van der Waals surface area contributed by atoms with Crippen molar-refractivity contribution >= 4 is 50.6 Å². The minimum absolute atomic E-state index is 0.135. The van der Waals surface area contributed by atoms with Crippen LogP contribution in [0.3, 0.4) is 0 Å². The van der Waals surface area contributed by atoms with E-state index in [0.717, 1.165) is 39.2 Å². The molecule has 1 heterocycles. The fourth-order valence-corrected chi connectivity index (χ4v) is 4.54. The van der Waals surface area contributed by atoms with Gasteiger partial charge in [-0.05, 0) is 67.2 Å². The van der Waals surface area contributed by atoms with Crippen LogP contribution in [0.4, 0.5) is 17.1 Å². The molecule has 4 rings (SSSR count). The fourth-order valence-electron chi connectivity index (χ4n) is 4.18. The van der Waals surface area contributed by atoms with Crippen molar-refractivity contribution in [3.63, 3.8) is 0 Å². The lowest BCUT2D eigenvalue weighted by Gasteiger charge is -2.19. The molecule has 0 saturated heterocycles. The number of hydrogen-bond donors (Lipinski definition) is 2. The van der Waals surface area contributed by atoms with E-state index in [1.165, 1.54) is 5.56 Å². The smallest absolute Gasteiger partial charge is 0.323 e. The van der Waals surface area contributed by atoms with E-state index in [2.05, 4.69) is 26.1 Å². The van der Waals surface area contributed by atoms with Gasteiger partial charge in [-0.15, -0.1) is 0 Å². The first-order valence-corrected chi connectivity index (χ1v) is 12.0. The third kappa shape index (κ3) is 5.78. The highest BCUT2D eigenvalue weighted by Crippen LogP contribution is 2.38. The van der Waals surface area contributed by atoms with Crippen LogP contribution < -0.4 is 10.2 Å². The van der Waals surface area contributed by atoms with Crippen molar-refractivity contribution < 1.29 is 14.7 Å². The number of carbonyl (C=O) groups is 2. The predicted molar refractivity (Wildman–Crippen MR) is 143 cm³/mol. The van der Waals surface area contributed by atoms with E-state index in [9.17, 15) is 14.7 Å². The Morgan fingerprint density at radius 3 is 2.49 bits per heavy atom. The topological polar surface area (TPSA) is 85.2 Å². The van der Waals surface area contributed by atoms with E-state index in [1.807, 2.05) is 80.8 Å². The summed E-state index contributed by atoms with van der Waals surface area (Å²) in [6.07, 6.45) is 0. The molecule has 0 bridgehead atoms. The molecule has 0 fully saturated rings. The van der Waals surface area contributed by atoms with E-state index in [0.29, 0.717) is 5.71 Å². The van der Waals surface area contributed by atoms with E-state index in [-0.39, 0.29) is 12.5 Å². The van der Waals surface area contributed by atoms with Crippen LogP contribution in [0.5, 0.6) is 0 Å². The van der Waals surface area contributed by atoms with Gasteiger partial charge in [0, 0.05) is 29.4 Å². The summed E-state index contributed by atoms with van der Waals surface area (Å²) in [6, 6.07) is 21.2. The lowest BCUT2D eigenvalue weighted by atomic mass is 9.90. The zero-order valence-corrected chi connectivity index (χ0v) is 21.4. The molecule has 0 aliphatic carbocycles. The third-order valence-corrected chi connectivity index (χ3v) is 6.25. The van der Waals surface area contributed by atoms with Crippen molar-refractivity contribution in [3.05, 3.63) is 87.9 Å². The summed E-state index contributed by atoms with van der Waals surface area (Å²) in [6.45, 7) is 0.687. The molecule has 8 heteroatoms. The Labute approximate surface area is 213 Å². The van der Waals surface area contributed by atoms with Gasteiger partial charge in [-0.3, -0.25) is 14.6 Å². The number of likely N-dealkylation sites (N-methyl/N-ethyl adjacent to an activating group) is 1. The van der Waals surface area contributed by atoms with Crippen LogP contribution in [0.2, 0.25) is 0 Å². The van der Waals surface area contributed by atoms with Crippen LogP contribution >= 0.6 is 15.9 Å². The molecule has 0 aromatic heterocycles. The fraction of sp³-hybridized carbons (Fsp3) is 0.222. The lowest BCUT2D eigenvalue weighted by Crippen LogP contribution is -2.26. The zero-order chi connectivity index (χ0) is 25.1. The number of nitrogens with zero attached hydrogens (tertiary/aromatic N) is 3. The summed E-state index contributed by atoms with van der Waals surface area (Å²) in [5.74, 6) is -1.66. The van der Waals surface area contributed by atoms with E-state index >= 15 is 0 Å². The summed E-state index contributed by atoms with van der Waals surface area (Å²) < 4.78 is 0.879. The molecule has 1 atom stereocenters. The van der Waals surface area contributed by atoms with Gasteiger partial charge in [0.1, 0.15) is 12.5 Å². The molecule has 0 saturated carbocycles. The normalized spacial score (nSPS) is 15.2. The number of benzene rings is 3. The number of carboxylic acids is 1. The van der Waals surface area contributed by atoms with Crippen molar-refractivity contribution in [2.45, 2.75) is 12.5 Å². The third-order valence-electron chi connectivity index (χ3n) is 5.76. The molecule has 3 aromatic carbocycles. The van der Waals surface area contributed by atoms with E-state index < -0.39 is 11.9 Å². The second kappa shape index (κ2) is 10.4. The van der Waals surface area contributed by atoms with Gasteiger partial charge in [-0.1, -0.05) is 46.3 Å². The van der Waals surface area contributed by atoms with Crippen LogP contribution in [0.15, 0.2) is 76.2 Å². The van der Waals surface area contributed by atoms with Gasteiger partial charge >= 0.3 is 5.97 Å². The number of halogens is 1. The summed E-state index contributed by atoms with van der Waals surface area (Å²) >= 11 is 3.47. The molecule has 35 heavy (non-hydrogen) atoms. The summed E-state index contributed by atoms with van der Waals surface area (Å²) in [7, 11) is 5.77. The molecule has 1 aliphatic rings. The second-order valence-corrected chi connectivity index (χ2v) is 9.77. The first-order valence-electron chi connectivity index (χ1n) is 11.2. The van der Waals surface area contributed by atoms with Gasteiger partial charge in [-0.2, -0.15) is 0 Å². The van der Waals surface area contributed by atoms with Crippen molar-refractivity contribution in [3.8, 4) is 0 Å². The minimum atomic E-state index is -0.917. The number of nitrogens with one attached hydrogen (secondary N) is 1. The van der Waals surface area contributed by atoms with Crippen LogP contribution in [0.1, 0.15) is 22.6 Å². The lowest BCUT2D eigenvalue weighted by molar-refractivity contribution is -0.135. The first kappa shape index (κ1) is 24.6. The zero-order valence-electron chi connectivity index (χ0n) is 19.8. The minimum Gasteiger partial charge on any atom is -0.480 e. The van der Waals surface area contributed by atoms with Crippen molar-refractivity contribution in [1.82, 2.24) is 4.90 Å². The molecule has 0 spiro atoms. The maximum Gasteiger partial charge on any atom is 0.323 e. The maximum absolute atomic E-state index is 13.2. The number of hydrogen-bond acceptors (Lipinski definition) is 5. The van der Waals surface area contributed by atoms with Crippen LogP contribution in [-0.4, -0.2) is 55.3 Å². The number of amides is 1. The number of aliphatic imine (C=N–C) groups is 1. The highest BCUT2D eigenvalue weighted by atomic mass is 79.9. The van der Waals surface area contributed by atoms with E-state index in [4.69, 9.17) is 4.99 Å². The van der Waals surface area contributed by atoms with Crippen LogP contribution in [0.25, 0.3) is 0 Å². The Hall–Kier alpha value is -3.49. The van der Waals surface area contributed by atoms with Crippen molar-refractivity contribution in [1.29, 1.82) is 0 Å². The molecule has 3 aromatic rings. The molecule has 1 unspecified atom stereocenters. The standard InChI is InChI=1S/C27H27BrN4O3/c1-31(2)15-17-7-10-20(11-8-17)29-26(18-5-4-6-21(13-18)32(3)16-24(33)34)25-22-12-9-19(28)14-23(22)30-27(25)35/h4-14,25H,15-16H2,1-3H3,(H,30,35)(H,33,34). The molecule has 2 N–H and O–H groups in total. The highest BCUT2D eigenvalue weighted by Gasteiger charge is 2.35. The summed E-state index contributed by atoms with van der Waals surface area (Å²) in [4.78, 5) is 33.1. The Balaban J connectivity index is 1.80. The van der Waals surface area contributed by atoms with Crippen LogP contribution in [0, 0.1) is 0 Å². The molecular weight excluding hydrogens is 508 g/mol. The Kier molecular flexibility index (Phi) is 7.33. The molecular formula is C27H27BrN4O3. The van der Waals surface area contributed by atoms with E-state index in [1.54, 1.807) is 11.9 Å². The summed E-state index contributed by atoms with van der Waals surface area (Å²) in [5, 5.41) is 12.2. The van der Waals surface area contributed by atoms with Gasteiger partial charge in [0.15, 0.2) is 0 Å². The quantitative estimate of drug-likeness (QED) is 0.402. The molecule has 1 amide bonds. The number of aliphatic carboxylic acids is 1. The SMILES string of the molecule is CN(C)Cc1ccc(N=C(c2cccc(N(C)CC(=O)O)c2)C2C(=O)Nc3cc(Br)ccc32)cc1. The Morgan fingerprint density at radius 2 is 1.80 bits per heavy atom. The largest absolute Gasteiger partial charge is 0.480 e. The maximum atomic E-state index is 13.2. The van der Waals surface area contributed by atoms with Gasteiger partial charge in [0.25, 0.3) is 0 Å². The van der Waals surface area contributed by atoms with Crippen LogP contribution in [-0.2, 0) is 16.1 Å². The van der Waals surface area contributed by atoms with Gasteiger partial charge in [-0.25, -0.2) is 0 Å². The predicted octanol–water partition coefficient (Wildman–Crippen LogP) is 4.89. The molecule has 1 aliphatic heterocycles. The average molecular weight is 535 g/mol.